The van der Waals surface area contributed by atoms with Gasteiger partial charge in [-0.3, -0.25) is 9.55 Å². The summed E-state index contributed by atoms with van der Waals surface area (Å²) in [5.74, 6) is 0. The van der Waals surface area contributed by atoms with E-state index in [2.05, 4.69) is 27.5 Å². The molecule has 3 aromatic heterocycles. The Morgan fingerprint density at radius 3 is 2.69 bits per heavy atom. The van der Waals surface area contributed by atoms with Crippen molar-refractivity contribution in [3.05, 3.63) is 75.3 Å². The molecule has 0 N–H and O–H groups in total. The molecule has 4 nitrogen and oxygen atoms in total. The molecule has 3 heterocycles. The quantitative estimate of drug-likeness (QED) is 0.318. The predicted molar refractivity (Wildman–Crippen MR) is 119 cm³/mol. The van der Waals surface area contributed by atoms with Crippen LogP contribution < -0.4 is 0 Å². The molecule has 0 spiro atoms. The third-order valence-electron chi connectivity index (χ3n) is 4.85. The molecule has 7 heteroatoms. The molecule has 0 atom stereocenters. The number of pyridine rings is 1. The van der Waals surface area contributed by atoms with Gasteiger partial charge in [-0.2, -0.15) is 16.6 Å². The maximum atomic E-state index is 8.93. The van der Waals surface area contributed by atoms with Gasteiger partial charge in [0, 0.05) is 10.9 Å². The van der Waals surface area contributed by atoms with Crippen molar-refractivity contribution in [1.29, 1.82) is 5.26 Å². The van der Waals surface area contributed by atoms with Crippen molar-refractivity contribution in [2.45, 2.75) is 6.42 Å². The maximum absolute atomic E-state index is 8.93. The van der Waals surface area contributed by atoms with Crippen LogP contribution in [0.2, 0.25) is 10.0 Å². The summed E-state index contributed by atoms with van der Waals surface area (Å²) in [6.45, 7) is 0. The van der Waals surface area contributed by atoms with Gasteiger partial charge in [-0.15, -0.1) is 0 Å². The van der Waals surface area contributed by atoms with Crippen LogP contribution in [0.4, 0.5) is 0 Å². The molecule has 140 valence electrons. The van der Waals surface area contributed by atoms with Gasteiger partial charge in [0.1, 0.15) is 11.8 Å². The summed E-state index contributed by atoms with van der Waals surface area (Å²) in [6.07, 6.45) is 3.81. The molecule has 0 amide bonds. The molecule has 0 saturated heterocycles. The number of halogens is 2. The number of nitrogens with zero attached hydrogens (tertiary/aromatic N) is 4. The van der Waals surface area contributed by atoms with E-state index >= 15 is 0 Å². The molecule has 0 aliphatic heterocycles. The van der Waals surface area contributed by atoms with Crippen molar-refractivity contribution >= 4 is 56.5 Å². The van der Waals surface area contributed by atoms with E-state index in [1.165, 1.54) is 0 Å². The fourth-order valence-corrected chi connectivity index (χ4v) is 4.70. The minimum Gasteiger partial charge on any atom is -0.297 e. The van der Waals surface area contributed by atoms with Gasteiger partial charge in [0.25, 0.3) is 0 Å². The zero-order chi connectivity index (χ0) is 20.0. The van der Waals surface area contributed by atoms with Crippen molar-refractivity contribution < 1.29 is 0 Å². The standard InChI is InChI=1S/C22H12Cl2N4S/c23-17-9-19-16(8-15(17)14-4-6-29-11-14)22-20(10-26-19)27-12-28(22)21-2-1-13(3-5-25)7-18(21)24/h1-2,4,6-12H,3H2. The molecular weight excluding hydrogens is 423 g/mol. The van der Waals surface area contributed by atoms with Crippen LogP contribution >= 0.6 is 34.5 Å². The number of thiophene rings is 1. The largest absolute Gasteiger partial charge is 0.297 e. The molecule has 0 saturated carbocycles. The Bertz CT molecular complexity index is 1410. The first-order chi connectivity index (χ1) is 14.2. The fraction of sp³-hybridized carbons (Fsp3) is 0.0455. The molecular formula is C22H12Cl2N4S. The number of fused-ring (bicyclic) bond motifs is 3. The predicted octanol–water partition coefficient (Wildman–Crippen LogP) is 6.68. The molecule has 0 bridgehead atoms. The van der Waals surface area contributed by atoms with E-state index < -0.39 is 0 Å². The molecule has 0 radical (unpaired) electrons. The molecule has 0 aliphatic carbocycles. The average molecular weight is 435 g/mol. The van der Waals surface area contributed by atoms with Gasteiger partial charge in [-0.1, -0.05) is 29.3 Å². The highest BCUT2D eigenvalue weighted by atomic mass is 35.5. The van der Waals surface area contributed by atoms with Crippen LogP contribution in [0.3, 0.4) is 0 Å². The van der Waals surface area contributed by atoms with Crippen LogP contribution in [0.25, 0.3) is 38.8 Å². The van der Waals surface area contributed by atoms with Crippen molar-refractivity contribution in [2.24, 2.45) is 0 Å². The lowest BCUT2D eigenvalue weighted by Gasteiger charge is -2.11. The van der Waals surface area contributed by atoms with E-state index in [9.17, 15) is 0 Å². The number of aromatic nitrogens is 3. The van der Waals surface area contributed by atoms with Crippen LogP contribution in [0.5, 0.6) is 0 Å². The van der Waals surface area contributed by atoms with Gasteiger partial charge in [0.2, 0.25) is 0 Å². The van der Waals surface area contributed by atoms with E-state index in [4.69, 9.17) is 28.5 Å². The van der Waals surface area contributed by atoms with Crippen molar-refractivity contribution in [3.63, 3.8) is 0 Å². The first kappa shape index (κ1) is 18.1. The van der Waals surface area contributed by atoms with Gasteiger partial charge in [0.15, 0.2) is 0 Å². The number of nitriles is 1. The Kier molecular flexibility index (Phi) is 4.48. The van der Waals surface area contributed by atoms with Crippen LogP contribution in [-0.4, -0.2) is 14.5 Å². The minimum absolute atomic E-state index is 0.319. The Hall–Kier alpha value is -2.91. The van der Waals surface area contributed by atoms with Crippen LogP contribution in [-0.2, 0) is 6.42 Å². The zero-order valence-electron chi connectivity index (χ0n) is 14.9. The van der Waals surface area contributed by atoms with Crippen LogP contribution in [0, 0.1) is 11.3 Å². The number of imidazole rings is 1. The highest BCUT2D eigenvalue weighted by Crippen LogP contribution is 2.36. The summed E-state index contributed by atoms with van der Waals surface area (Å²) in [5, 5.41) is 15.2. The number of benzene rings is 2. The number of hydrogen-bond acceptors (Lipinski definition) is 4. The van der Waals surface area contributed by atoms with Crippen molar-refractivity contribution in [1.82, 2.24) is 14.5 Å². The fourth-order valence-electron chi connectivity index (χ4n) is 3.48. The van der Waals surface area contributed by atoms with Gasteiger partial charge < -0.3 is 0 Å². The van der Waals surface area contributed by atoms with E-state index in [0.29, 0.717) is 16.5 Å². The smallest absolute Gasteiger partial charge is 0.108 e. The number of rotatable bonds is 3. The molecule has 0 unspecified atom stereocenters. The lowest BCUT2D eigenvalue weighted by atomic mass is 10.0. The molecule has 5 aromatic rings. The molecule has 2 aromatic carbocycles. The van der Waals surface area contributed by atoms with E-state index in [1.54, 1.807) is 23.9 Å². The van der Waals surface area contributed by atoms with E-state index in [1.807, 2.05) is 40.3 Å². The second kappa shape index (κ2) is 7.16. The first-order valence-electron chi connectivity index (χ1n) is 8.79. The second-order valence-corrected chi connectivity index (χ2v) is 8.18. The van der Waals surface area contributed by atoms with Gasteiger partial charge in [-0.05, 0) is 52.2 Å². The highest BCUT2D eigenvalue weighted by molar-refractivity contribution is 7.08. The van der Waals surface area contributed by atoms with Gasteiger partial charge in [-0.25, -0.2) is 4.98 Å². The lowest BCUT2D eigenvalue weighted by molar-refractivity contribution is 1.09. The third kappa shape index (κ3) is 3.06. The van der Waals surface area contributed by atoms with Gasteiger partial charge >= 0.3 is 0 Å². The molecule has 5 rings (SSSR count). The topological polar surface area (TPSA) is 54.5 Å². The summed E-state index contributed by atoms with van der Waals surface area (Å²) >= 11 is 14.7. The monoisotopic (exact) mass is 434 g/mol. The minimum atomic E-state index is 0.319. The summed E-state index contributed by atoms with van der Waals surface area (Å²) in [7, 11) is 0. The highest BCUT2D eigenvalue weighted by Gasteiger charge is 2.15. The summed E-state index contributed by atoms with van der Waals surface area (Å²) in [5.41, 5.74) is 6.19. The summed E-state index contributed by atoms with van der Waals surface area (Å²) in [6, 6.07) is 13.8. The van der Waals surface area contributed by atoms with Crippen molar-refractivity contribution in [2.75, 3.05) is 0 Å². The van der Waals surface area contributed by atoms with Crippen molar-refractivity contribution in [3.8, 4) is 22.9 Å². The molecule has 29 heavy (non-hydrogen) atoms. The van der Waals surface area contributed by atoms with Crippen LogP contribution in [0.1, 0.15) is 5.56 Å². The molecule has 0 aliphatic rings. The average Bonchev–Trinajstić information content (AvgIpc) is 3.38. The van der Waals surface area contributed by atoms with Crippen LogP contribution in [0.15, 0.2) is 59.7 Å². The Morgan fingerprint density at radius 1 is 1.03 bits per heavy atom. The maximum Gasteiger partial charge on any atom is 0.108 e. The number of hydrogen-bond donors (Lipinski definition) is 0. The van der Waals surface area contributed by atoms with Gasteiger partial charge in [0.05, 0.1) is 45.5 Å². The van der Waals surface area contributed by atoms with E-state index in [0.717, 1.165) is 44.3 Å². The third-order valence-corrected chi connectivity index (χ3v) is 6.15. The Morgan fingerprint density at radius 2 is 1.93 bits per heavy atom. The van der Waals surface area contributed by atoms with E-state index in [-0.39, 0.29) is 0 Å². The zero-order valence-corrected chi connectivity index (χ0v) is 17.3. The normalized spacial score (nSPS) is 11.2. The second-order valence-electron chi connectivity index (χ2n) is 6.59. The SMILES string of the molecule is N#CCc1ccc(-n2cnc3cnc4cc(Cl)c(-c5ccsc5)cc4c32)c(Cl)c1. The lowest BCUT2D eigenvalue weighted by Crippen LogP contribution is -1.96. The Labute approximate surface area is 180 Å². The first-order valence-corrected chi connectivity index (χ1v) is 10.5. The summed E-state index contributed by atoms with van der Waals surface area (Å²) < 4.78 is 1.96. The summed E-state index contributed by atoms with van der Waals surface area (Å²) in [4.78, 5) is 9.05. The Balaban J connectivity index is 1.79. The molecule has 0 fully saturated rings.